The minimum absolute atomic E-state index is 0. The predicted octanol–water partition coefficient (Wildman–Crippen LogP) is 22.9. The third-order valence-corrected chi connectivity index (χ3v) is 18.6. The fourth-order valence-corrected chi connectivity index (χ4v) is 13.3. The molecule has 89 heavy (non-hydrogen) atoms. The molecule has 0 bridgehead atoms. The molecule has 0 unspecified atom stereocenters. The fraction of sp³-hybridized carbons (Fsp3) is 0.256. The van der Waals surface area contributed by atoms with E-state index < -0.39 is 0 Å². The van der Waals surface area contributed by atoms with E-state index in [0.717, 1.165) is 89.8 Å². The second-order valence-electron chi connectivity index (χ2n) is 27.0. The summed E-state index contributed by atoms with van der Waals surface area (Å²) in [6.45, 7) is 35.5. The third-order valence-electron chi connectivity index (χ3n) is 16.2. The van der Waals surface area contributed by atoms with Crippen LogP contribution in [0.4, 0.5) is 0 Å². The number of rotatable bonds is 11. The van der Waals surface area contributed by atoms with E-state index in [0.29, 0.717) is 23.3 Å². The molecule has 12 rings (SSSR count). The van der Waals surface area contributed by atoms with Crippen LogP contribution in [0, 0.1) is 13.8 Å². The van der Waals surface area contributed by atoms with Crippen LogP contribution >= 0.6 is 45.9 Å². The topological polar surface area (TPSA) is 75.9 Å². The number of aliphatic hydroxyl groups is 2. The largest absolute Gasteiger partial charge is 0.582 e. The molecular formula is C78H82Cl2HfN2O4S2. The summed E-state index contributed by atoms with van der Waals surface area (Å²) in [7, 11) is 0. The zero-order valence-electron chi connectivity index (χ0n) is 53.3. The SMILES string of the molecule is CC(C)(C)c1ccc2c(c1)c1cc(C(C)(C)C)ccc1n2-c1csc(-c2ccc(Cl)cc2[OH+]CCCC[OH+]c2cc(Cl)ccc2-c2scc(-n3c4ccc(C(C)(C)C)cc4c4cc(C(C)(C)C)ccc43)c2O)c1O.[CH2-]c1ccccc1.[CH2-]c1ccccc1.[Hf]. The van der Waals surface area contributed by atoms with Gasteiger partial charge in [-0.25, -0.2) is 0 Å². The first-order valence-corrected chi connectivity index (χ1v) is 32.7. The zero-order valence-corrected chi connectivity index (χ0v) is 60.1. The van der Waals surface area contributed by atoms with Crippen LogP contribution in [0.5, 0.6) is 23.0 Å². The fourth-order valence-electron chi connectivity index (χ4n) is 11.1. The number of unbranched alkanes of at least 4 members (excludes halogenated alkanes) is 1. The van der Waals surface area contributed by atoms with Crippen molar-refractivity contribution in [2.24, 2.45) is 0 Å². The van der Waals surface area contributed by atoms with Crippen LogP contribution in [-0.2, 0) is 47.5 Å². The van der Waals surface area contributed by atoms with Crippen LogP contribution in [0.25, 0.3) is 75.9 Å². The van der Waals surface area contributed by atoms with Gasteiger partial charge in [-0.05, 0) is 117 Å². The second kappa shape index (κ2) is 26.9. The van der Waals surface area contributed by atoms with Crippen LogP contribution in [0.2, 0.25) is 10.0 Å². The van der Waals surface area contributed by atoms with E-state index >= 15 is 0 Å². The Morgan fingerprint density at radius 2 is 0.697 bits per heavy atom. The first kappa shape index (κ1) is 66.6. The smallest absolute Gasteiger partial charge is 0.265 e. The maximum absolute atomic E-state index is 12.2. The number of fused-ring (bicyclic) bond motifs is 6. The number of hydrogen-bond donors (Lipinski definition) is 2. The minimum Gasteiger partial charge on any atom is -0.582 e. The summed E-state index contributed by atoms with van der Waals surface area (Å²) in [6, 6.07) is 58.1. The molecule has 458 valence electrons. The normalized spacial score (nSPS) is 12.0. The van der Waals surface area contributed by atoms with Gasteiger partial charge in [0.1, 0.15) is 0 Å². The molecule has 0 amide bonds. The van der Waals surface area contributed by atoms with Crippen molar-refractivity contribution in [1.29, 1.82) is 0 Å². The molecular weight excluding hydrogens is 1340 g/mol. The van der Waals surface area contributed by atoms with Gasteiger partial charge in [-0.3, -0.25) is 0 Å². The van der Waals surface area contributed by atoms with Crippen LogP contribution in [0.3, 0.4) is 0 Å². The summed E-state index contributed by atoms with van der Waals surface area (Å²) in [6.07, 6.45) is 1.55. The maximum Gasteiger partial charge on any atom is 0.265 e. The zero-order chi connectivity index (χ0) is 63.0. The van der Waals surface area contributed by atoms with Gasteiger partial charge in [-0.15, -0.1) is 46.9 Å². The van der Waals surface area contributed by atoms with Crippen LogP contribution < -0.4 is 0 Å². The van der Waals surface area contributed by atoms with E-state index in [1.807, 2.05) is 97.1 Å². The molecule has 11 heteroatoms. The second-order valence-corrected chi connectivity index (χ2v) is 29.6. The molecule has 6 nitrogen and oxygen atoms in total. The molecule has 0 saturated heterocycles. The van der Waals surface area contributed by atoms with Crippen molar-refractivity contribution in [3.05, 3.63) is 238 Å². The number of benzene rings is 8. The Morgan fingerprint density at radius 3 is 0.955 bits per heavy atom. The van der Waals surface area contributed by atoms with Crippen molar-refractivity contribution in [1.82, 2.24) is 9.13 Å². The predicted molar refractivity (Wildman–Crippen MR) is 380 cm³/mol. The molecule has 0 aliphatic carbocycles. The molecule has 4 N–H and O–H groups in total. The Hall–Kier alpha value is -6.85. The van der Waals surface area contributed by atoms with Gasteiger partial charge in [-0.2, -0.15) is 49.2 Å². The number of halogens is 2. The minimum atomic E-state index is -0.0169. The van der Waals surface area contributed by atoms with E-state index in [4.69, 9.17) is 32.7 Å². The standard InChI is InChI=1S/C64H66Cl2N2O4S2.2C7H7.Hf/c1-61(2,3)37-15-23-49-45(29-37)46-30-38(62(4,5)6)16-24-50(46)67(49)53-35-73-59(57(53)69)43-21-19-41(65)33-55(43)71-27-13-14-28-72-56-34-42(66)20-22-44(56)60-58(70)54(36-74-60)68-51-25-17-39(63(7,8)9)31-47(51)48-32-40(64(10,11)12)18-26-52(48)68;2*1-7-5-3-2-4-6-7;/h15-26,29-36,69-70H,13-14,27-28H2,1-12H3;2*2-6H,1H2;/q;2*-1;/p+2. The molecule has 12 aromatic rings. The molecule has 0 atom stereocenters. The molecule has 0 saturated carbocycles. The molecule has 8 aromatic carbocycles. The Balaban J connectivity index is 0.000000553. The van der Waals surface area contributed by atoms with Gasteiger partial charge < -0.3 is 28.8 Å². The van der Waals surface area contributed by atoms with Crippen LogP contribution in [-0.4, -0.2) is 42.0 Å². The molecule has 0 radical (unpaired) electrons. The van der Waals surface area contributed by atoms with Crippen LogP contribution in [0.1, 0.15) is 129 Å². The van der Waals surface area contributed by atoms with Crippen molar-refractivity contribution in [3.63, 3.8) is 0 Å². The summed E-state index contributed by atoms with van der Waals surface area (Å²) in [5, 5.41) is 34.4. The van der Waals surface area contributed by atoms with E-state index in [9.17, 15) is 10.2 Å². The maximum atomic E-state index is 12.2. The van der Waals surface area contributed by atoms with E-state index in [2.05, 4.69) is 190 Å². The Kier molecular flexibility index (Phi) is 20.1. The van der Waals surface area contributed by atoms with Crippen molar-refractivity contribution < 1.29 is 45.5 Å². The Morgan fingerprint density at radius 1 is 0.404 bits per heavy atom. The Bertz CT molecular complexity index is 4030. The number of aromatic nitrogens is 2. The number of hydrogen-bond acceptors (Lipinski definition) is 4. The van der Waals surface area contributed by atoms with E-state index in [1.54, 1.807) is 0 Å². The van der Waals surface area contributed by atoms with Gasteiger partial charge in [0.2, 0.25) is 0 Å². The van der Waals surface area contributed by atoms with E-state index in [1.165, 1.54) is 66.5 Å². The molecule has 0 aliphatic rings. The molecule has 4 heterocycles. The first-order chi connectivity index (χ1) is 41.7. The van der Waals surface area contributed by atoms with Crippen molar-refractivity contribution in [3.8, 4) is 55.3 Å². The van der Waals surface area contributed by atoms with Crippen molar-refractivity contribution >= 4 is 89.5 Å². The van der Waals surface area contributed by atoms with Gasteiger partial charge in [0, 0.05) is 81.0 Å². The number of nitrogens with zero attached hydrogens (tertiary/aromatic N) is 2. The van der Waals surface area contributed by atoms with Crippen molar-refractivity contribution in [2.75, 3.05) is 13.2 Å². The van der Waals surface area contributed by atoms with Gasteiger partial charge in [0.25, 0.3) is 11.5 Å². The summed E-state index contributed by atoms with van der Waals surface area (Å²) >= 11 is 16.3. The molecule has 0 spiro atoms. The van der Waals surface area contributed by atoms with Gasteiger partial charge in [-0.1, -0.05) is 143 Å². The first-order valence-electron chi connectivity index (χ1n) is 30.2. The molecule has 0 fully saturated rings. The van der Waals surface area contributed by atoms with Gasteiger partial charge in [0.05, 0.1) is 66.5 Å². The third kappa shape index (κ3) is 14.7. The molecule has 0 aliphatic heterocycles. The summed E-state index contributed by atoms with van der Waals surface area (Å²) in [5.41, 5.74) is 14.5. The van der Waals surface area contributed by atoms with Crippen LogP contribution in [0.15, 0.2) is 181 Å². The summed E-state index contributed by atoms with van der Waals surface area (Å²) < 4.78 is 14.5. The Labute approximate surface area is 563 Å². The van der Waals surface area contributed by atoms with Crippen molar-refractivity contribution in [2.45, 2.75) is 118 Å². The molecule has 4 aromatic heterocycles. The average Bonchev–Trinajstić information content (AvgIpc) is 1.65. The monoisotopic (exact) mass is 1420 g/mol. The number of ether oxygens (including phenoxy) is 2. The van der Waals surface area contributed by atoms with Gasteiger partial charge >= 0.3 is 0 Å². The summed E-state index contributed by atoms with van der Waals surface area (Å²) in [4.78, 5) is 1.49. The quantitative estimate of drug-likeness (QED) is 0.0586. The van der Waals surface area contributed by atoms with Gasteiger partial charge in [0.15, 0.2) is 24.7 Å². The average molecular weight is 1430 g/mol. The van der Waals surface area contributed by atoms with E-state index in [-0.39, 0.29) is 59.0 Å². The number of thiophene rings is 2. The number of aromatic hydroxyl groups is 4. The summed E-state index contributed by atoms with van der Waals surface area (Å²) in [5.74, 6) is 1.90.